The SMILES string of the molecule is Cc1c2c(nc3c(O)c([N+](=O)[O-])cc([N+](=O)[O-])c13)-c1nc3ncccc3cc1CC2. The van der Waals surface area contributed by atoms with Gasteiger partial charge in [-0.15, -0.1) is 0 Å². The number of hydrogen-bond acceptors (Lipinski definition) is 8. The average Bonchev–Trinajstić information content (AvgIpc) is 2.72. The van der Waals surface area contributed by atoms with Crippen LogP contribution >= 0.6 is 0 Å². The smallest absolute Gasteiger partial charge is 0.319 e. The molecule has 0 fully saturated rings. The number of aryl methyl sites for hydroxylation is 2. The summed E-state index contributed by atoms with van der Waals surface area (Å²) in [5.41, 5.74) is 2.43. The molecule has 1 aliphatic carbocycles. The van der Waals surface area contributed by atoms with Crippen LogP contribution in [-0.2, 0) is 12.8 Å². The molecular formula is C20H13N5O5. The third-order valence-corrected chi connectivity index (χ3v) is 5.50. The summed E-state index contributed by atoms with van der Waals surface area (Å²) in [5, 5.41) is 34.4. The lowest BCUT2D eigenvalue weighted by Gasteiger charge is -2.21. The molecule has 0 bridgehead atoms. The molecular weight excluding hydrogens is 390 g/mol. The number of benzene rings is 1. The van der Waals surface area contributed by atoms with Gasteiger partial charge in [-0.2, -0.15) is 0 Å². The fourth-order valence-electron chi connectivity index (χ4n) is 4.11. The van der Waals surface area contributed by atoms with Crippen LogP contribution in [0, 0.1) is 27.2 Å². The van der Waals surface area contributed by atoms with E-state index >= 15 is 0 Å². The van der Waals surface area contributed by atoms with Crippen LogP contribution in [-0.4, -0.2) is 29.9 Å². The van der Waals surface area contributed by atoms with Gasteiger partial charge in [-0.05, 0) is 54.7 Å². The van der Waals surface area contributed by atoms with Crippen molar-refractivity contribution in [3.63, 3.8) is 0 Å². The van der Waals surface area contributed by atoms with Crippen LogP contribution in [0.25, 0.3) is 33.3 Å². The molecule has 0 saturated carbocycles. The second-order valence-corrected chi connectivity index (χ2v) is 7.11. The number of fused-ring (bicyclic) bond motifs is 5. The van der Waals surface area contributed by atoms with Crippen molar-refractivity contribution < 1.29 is 15.0 Å². The molecule has 148 valence electrons. The van der Waals surface area contributed by atoms with Gasteiger partial charge in [-0.25, -0.2) is 15.0 Å². The summed E-state index contributed by atoms with van der Waals surface area (Å²) in [5.74, 6) is -0.697. The Hall–Kier alpha value is -4.21. The van der Waals surface area contributed by atoms with E-state index in [0.717, 1.165) is 22.6 Å². The largest absolute Gasteiger partial charge is 0.501 e. The fourth-order valence-corrected chi connectivity index (χ4v) is 4.11. The topological polar surface area (TPSA) is 145 Å². The molecule has 10 heteroatoms. The van der Waals surface area contributed by atoms with Crippen molar-refractivity contribution in [2.75, 3.05) is 0 Å². The van der Waals surface area contributed by atoms with E-state index in [1.807, 2.05) is 18.2 Å². The Morgan fingerprint density at radius 1 is 1.03 bits per heavy atom. The highest BCUT2D eigenvalue weighted by Gasteiger charge is 2.31. The molecule has 4 aromatic rings. The monoisotopic (exact) mass is 403 g/mol. The average molecular weight is 403 g/mol. The minimum Gasteiger partial charge on any atom is -0.501 e. The van der Waals surface area contributed by atoms with Gasteiger partial charge >= 0.3 is 5.69 Å². The highest BCUT2D eigenvalue weighted by molar-refractivity contribution is 6.00. The third-order valence-electron chi connectivity index (χ3n) is 5.50. The van der Waals surface area contributed by atoms with Crippen molar-refractivity contribution in [1.29, 1.82) is 0 Å². The normalized spacial score (nSPS) is 12.6. The summed E-state index contributed by atoms with van der Waals surface area (Å²) < 4.78 is 0. The number of aromatic nitrogens is 3. The van der Waals surface area contributed by atoms with Gasteiger partial charge < -0.3 is 5.11 Å². The number of non-ortho nitro benzene ring substituents is 1. The van der Waals surface area contributed by atoms with Crippen molar-refractivity contribution in [1.82, 2.24) is 15.0 Å². The van der Waals surface area contributed by atoms with Gasteiger partial charge in [-0.1, -0.05) is 0 Å². The molecule has 1 N–H and O–H groups in total. The standard InChI is InChI=1S/C20H13N5O5/c1-9-12-5-4-10-7-11-3-2-6-21-20(11)23-16(10)17(12)22-18-15(9)13(24(27)28)8-14(19(18)26)25(29)30/h2-3,6-8,26H,4-5H2,1H3. The Morgan fingerprint density at radius 3 is 2.53 bits per heavy atom. The number of nitro groups is 2. The van der Waals surface area contributed by atoms with Crippen LogP contribution in [0.3, 0.4) is 0 Å². The zero-order valence-corrected chi connectivity index (χ0v) is 15.6. The molecule has 10 nitrogen and oxygen atoms in total. The predicted octanol–water partition coefficient (Wildman–Crippen LogP) is 3.77. The van der Waals surface area contributed by atoms with Crippen LogP contribution in [0.5, 0.6) is 5.75 Å². The zero-order valence-electron chi connectivity index (χ0n) is 15.6. The molecule has 3 aromatic heterocycles. The molecule has 0 unspecified atom stereocenters. The summed E-state index contributed by atoms with van der Waals surface area (Å²) in [4.78, 5) is 34.8. The highest BCUT2D eigenvalue weighted by atomic mass is 16.6. The lowest BCUT2D eigenvalue weighted by atomic mass is 9.87. The molecule has 30 heavy (non-hydrogen) atoms. The molecule has 0 radical (unpaired) electrons. The quantitative estimate of drug-likeness (QED) is 0.393. The van der Waals surface area contributed by atoms with E-state index in [4.69, 9.17) is 0 Å². The van der Waals surface area contributed by atoms with Crippen LogP contribution < -0.4 is 0 Å². The molecule has 3 heterocycles. The first kappa shape index (κ1) is 17.9. The third kappa shape index (κ3) is 2.40. The van der Waals surface area contributed by atoms with Crippen LogP contribution in [0.4, 0.5) is 11.4 Å². The molecule has 1 aliphatic rings. The van der Waals surface area contributed by atoms with E-state index in [1.54, 1.807) is 13.1 Å². The first-order valence-corrected chi connectivity index (χ1v) is 9.09. The van der Waals surface area contributed by atoms with Gasteiger partial charge in [0.05, 0.1) is 32.7 Å². The summed E-state index contributed by atoms with van der Waals surface area (Å²) in [6.07, 6.45) is 2.88. The maximum Gasteiger partial charge on any atom is 0.319 e. The van der Waals surface area contributed by atoms with E-state index in [1.165, 1.54) is 0 Å². The van der Waals surface area contributed by atoms with E-state index in [0.29, 0.717) is 35.4 Å². The molecule has 0 atom stereocenters. The van der Waals surface area contributed by atoms with Crippen molar-refractivity contribution in [3.8, 4) is 17.1 Å². The van der Waals surface area contributed by atoms with Crippen molar-refractivity contribution in [2.24, 2.45) is 0 Å². The van der Waals surface area contributed by atoms with Gasteiger partial charge in [0.25, 0.3) is 5.69 Å². The maximum atomic E-state index is 11.6. The minimum absolute atomic E-state index is 0.101. The van der Waals surface area contributed by atoms with Gasteiger partial charge in [0, 0.05) is 11.6 Å². The molecule has 0 aliphatic heterocycles. The van der Waals surface area contributed by atoms with E-state index < -0.39 is 27.0 Å². The number of hydrogen-bond donors (Lipinski definition) is 1. The summed E-state index contributed by atoms with van der Waals surface area (Å²) >= 11 is 0. The molecule has 0 amide bonds. The number of aromatic hydroxyl groups is 1. The summed E-state index contributed by atoms with van der Waals surface area (Å²) in [7, 11) is 0. The Balaban J connectivity index is 1.91. The Labute approximate surface area is 168 Å². The first-order chi connectivity index (χ1) is 14.4. The van der Waals surface area contributed by atoms with Crippen molar-refractivity contribution in [2.45, 2.75) is 19.8 Å². The predicted molar refractivity (Wildman–Crippen MR) is 107 cm³/mol. The Morgan fingerprint density at radius 2 is 1.80 bits per heavy atom. The van der Waals surface area contributed by atoms with Gasteiger partial charge in [0.1, 0.15) is 5.52 Å². The zero-order chi connectivity index (χ0) is 21.2. The lowest BCUT2D eigenvalue weighted by Crippen LogP contribution is -2.11. The number of nitro benzene ring substituents is 2. The number of phenolic OH excluding ortho intramolecular Hbond substituents is 1. The number of rotatable bonds is 2. The summed E-state index contributed by atoms with van der Waals surface area (Å²) in [6.45, 7) is 1.70. The molecule has 0 spiro atoms. The van der Waals surface area contributed by atoms with Crippen LogP contribution in [0.2, 0.25) is 0 Å². The number of phenols is 1. The first-order valence-electron chi connectivity index (χ1n) is 9.09. The van der Waals surface area contributed by atoms with E-state index in [-0.39, 0.29) is 10.9 Å². The maximum absolute atomic E-state index is 11.6. The number of nitrogens with zero attached hydrogens (tertiary/aromatic N) is 5. The second kappa shape index (κ2) is 6.14. The van der Waals surface area contributed by atoms with Crippen molar-refractivity contribution in [3.05, 3.63) is 67.4 Å². The summed E-state index contributed by atoms with van der Waals surface area (Å²) in [6, 6.07) is 6.48. The van der Waals surface area contributed by atoms with Crippen LogP contribution in [0.15, 0.2) is 30.5 Å². The number of pyridine rings is 3. The van der Waals surface area contributed by atoms with Gasteiger partial charge in [-0.3, -0.25) is 20.2 Å². The van der Waals surface area contributed by atoms with E-state index in [9.17, 15) is 25.3 Å². The second-order valence-electron chi connectivity index (χ2n) is 7.11. The molecule has 5 rings (SSSR count). The Bertz CT molecular complexity index is 1430. The highest BCUT2D eigenvalue weighted by Crippen LogP contribution is 2.45. The van der Waals surface area contributed by atoms with Gasteiger partial charge in [0.15, 0.2) is 5.65 Å². The molecule has 0 saturated heterocycles. The van der Waals surface area contributed by atoms with Crippen LogP contribution in [0.1, 0.15) is 16.7 Å². The fraction of sp³-hybridized carbons (Fsp3) is 0.150. The van der Waals surface area contributed by atoms with E-state index in [2.05, 4.69) is 15.0 Å². The lowest BCUT2D eigenvalue weighted by molar-refractivity contribution is -0.393. The Kier molecular flexibility index (Phi) is 3.66. The molecule has 1 aromatic carbocycles. The minimum atomic E-state index is -0.859. The van der Waals surface area contributed by atoms with Gasteiger partial charge in [0.2, 0.25) is 5.75 Å². The van der Waals surface area contributed by atoms with Crippen molar-refractivity contribution >= 4 is 33.3 Å².